The Kier molecular flexibility index (Phi) is 4.82. The molecule has 0 bridgehead atoms. The van der Waals surface area contributed by atoms with Gasteiger partial charge in [-0.05, 0) is 25.8 Å². The minimum atomic E-state index is -4.79. The van der Waals surface area contributed by atoms with Gasteiger partial charge in [-0.25, -0.2) is 0 Å². The van der Waals surface area contributed by atoms with Crippen LogP contribution in [0.3, 0.4) is 0 Å². The van der Waals surface area contributed by atoms with Gasteiger partial charge in [0.05, 0.1) is 0 Å². The Balaban J connectivity index is 2.08. The lowest BCUT2D eigenvalue weighted by Gasteiger charge is -2.36. The van der Waals surface area contributed by atoms with Crippen molar-refractivity contribution < 1.29 is 18.0 Å². The number of carbonyl (C=O) groups is 1. The SMILES string of the molecule is C#CCCCNC1CC(NC(=O)C(F)(F)F)C1. The number of hydrogen-bond donors (Lipinski definition) is 2. The number of unbranched alkanes of at least 4 members (excludes halogenated alkanes) is 1. The Morgan fingerprint density at radius 3 is 2.53 bits per heavy atom. The van der Waals surface area contributed by atoms with E-state index in [4.69, 9.17) is 6.42 Å². The van der Waals surface area contributed by atoms with Crippen molar-refractivity contribution in [3.8, 4) is 12.3 Å². The zero-order valence-corrected chi connectivity index (χ0v) is 9.31. The lowest BCUT2D eigenvalue weighted by atomic mass is 9.86. The highest BCUT2D eigenvalue weighted by Gasteiger charge is 2.41. The molecule has 0 atom stereocenters. The fourth-order valence-corrected chi connectivity index (χ4v) is 1.67. The molecule has 1 fully saturated rings. The van der Waals surface area contributed by atoms with E-state index in [2.05, 4.69) is 11.2 Å². The normalized spacial score (nSPS) is 23.6. The number of rotatable bonds is 5. The van der Waals surface area contributed by atoms with Crippen LogP contribution in [0.1, 0.15) is 25.7 Å². The van der Waals surface area contributed by atoms with Crippen LogP contribution in [-0.4, -0.2) is 30.7 Å². The summed E-state index contributed by atoms with van der Waals surface area (Å²) in [5.41, 5.74) is 0. The average molecular weight is 248 g/mol. The van der Waals surface area contributed by atoms with Crippen LogP contribution in [0.25, 0.3) is 0 Å². The molecule has 6 heteroatoms. The van der Waals surface area contributed by atoms with E-state index in [-0.39, 0.29) is 12.1 Å². The molecule has 0 unspecified atom stereocenters. The van der Waals surface area contributed by atoms with Gasteiger partial charge < -0.3 is 10.6 Å². The number of carbonyl (C=O) groups excluding carboxylic acids is 1. The van der Waals surface area contributed by atoms with E-state index >= 15 is 0 Å². The van der Waals surface area contributed by atoms with Gasteiger partial charge in [0.2, 0.25) is 0 Å². The van der Waals surface area contributed by atoms with E-state index in [0.717, 1.165) is 13.0 Å². The number of terminal acetylenes is 1. The summed E-state index contributed by atoms with van der Waals surface area (Å²) < 4.78 is 35.7. The van der Waals surface area contributed by atoms with Gasteiger partial charge in [0, 0.05) is 18.5 Å². The summed E-state index contributed by atoms with van der Waals surface area (Å²) in [6.07, 6.45) is 2.91. The van der Waals surface area contributed by atoms with Crippen LogP contribution in [0.4, 0.5) is 13.2 Å². The van der Waals surface area contributed by atoms with E-state index < -0.39 is 12.1 Å². The Bertz CT molecular complexity index is 303. The molecule has 0 aromatic heterocycles. The molecule has 0 spiro atoms. The Morgan fingerprint density at radius 1 is 1.35 bits per heavy atom. The van der Waals surface area contributed by atoms with Crippen molar-refractivity contribution in [2.75, 3.05) is 6.54 Å². The van der Waals surface area contributed by atoms with Crippen molar-refractivity contribution in [1.82, 2.24) is 10.6 Å². The first kappa shape index (κ1) is 13.8. The smallest absolute Gasteiger partial charge is 0.345 e. The lowest BCUT2D eigenvalue weighted by molar-refractivity contribution is -0.175. The third-order valence-electron chi connectivity index (χ3n) is 2.66. The van der Waals surface area contributed by atoms with Gasteiger partial charge in [-0.1, -0.05) is 0 Å². The molecule has 2 N–H and O–H groups in total. The van der Waals surface area contributed by atoms with E-state index in [1.807, 2.05) is 5.32 Å². The molecule has 0 aliphatic heterocycles. The molecule has 1 aliphatic carbocycles. The number of amides is 1. The van der Waals surface area contributed by atoms with Crippen LogP contribution in [0, 0.1) is 12.3 Å². The van der Waals surface area contributed by atoms with E-state index in [1.54, 1.807) is 0 Å². The Labute approximate surface area is 98.1 Å². The molecular formula is C11H15F3N2O. The van der Waals surface area contributed by atoms with Gasteiger partial charge >= 0.3 is 12.1 Å². The second-order valence-corrected chi connectivity index (χ2v) is 4.10. The standard InChI is InChI=1S/C11H15F3N2O/c1-2-3-4-5-15-8-6-9(7-8)16-10(17)11(12,13)14/h1,8-9,15H,3-7H2,(H,16,17). The molecule has 0 aromatic carbocycles. The van der Waals surface area contributed by atoms with Gasteiger partial charge in [0.15, 0.2) is 0 Å². The first-order chi connectivity index (χ1) is 7.93. The zero-order valence-electron chi connectivity index (χ0n) is 9.31. The fraction of sp³-hybridized carbons (Fsp3) is 0.727. The molecule has 1 amide bonds. The van der Waals surface area contributed by atoms with E-state index in [9.17, 15) is 18.0 Å². The van der Waals surface area contributed by atoms with E-state index in [1.165, 1.54) is 0 Å². The van der Waals surface area contributed by atoms with Gasteiger partial charge in [-0.15, -0.1) is 12.3 Å². The van der Waals surface area contributed by atoms with Gasteiger partial charge in [0.25, 0.3) is 0 Å². The first-order valence-electron chi connectivity index (χ1n) is 5.48. The molecular weight excluding hydrogens is 233 g/mol. The largest absolute Gasteiger partial charge is 0.471 e. The van der Waals surface area contributed by atoms with Crippen molar-refractivity contribution in [2.45, 2.75) is 43.9 Å². The highest BCUT2D eigenvalue weighted by atomic mass is 19.4. The van der Waals surface area contributed by atoms with Crippen LogP contribution in [-0.2, 0) is 4.79 Å². The van der Waals surface area contributed by atoms with Crippen LogP contribution >= 0.6 is 0 Å². The van der Waals surface area contributed by atoms with Crippen molar-refractivity contribution in [1.29, 1.82) is 0 Å². The third-order valence-corrected chi connectivity index (χ3v) is 2.66. The van der Waals surface area contributed by atoms with Crippen LogP contribution < -0.4 is 10.6 Å². The van der Waals surface area contributed by atoms with E-state index in [0.29, 0.717) is 19.3 Å². The molecule has 0 saturated heterocycles. The first-order valence-corrected chi connectivity index (χ1v) is 5.48. The van der Waals surface area contributed by atoms with Crippen molar-refractivity contribution in [3.63, 3.8) is 0 Å². The average Bonchev–Trinajstić information content (AvgIpc) is 2.18. The van der Waals surface area contributed by atoms with Gasteiger partial charge in [-0.2, -0.15) is 13.2 Å². The minimum absolute atomic E-state index is 0.186. The highest BCUT2D eigenvalue weighted by molar-refractivity contribution is 5.82. The predicted octanol–water partition coefficient (Wildman–Crippen LogP) is 1.20. The number of hydrogen-bond acceptors (Lipinski definition) is 2. The molecule has 17 heavy (non-hydrogen) atoms. The highest BCUT2D eigenvalue weighted by Crippen LogP contribution is 2.22. The number of alkyl halides is 3. The second-order valence-electron chi connectivity index (χ2n) is 4.10. The van der Waals surface area contributed by atoms with Crippen LogP contribution in [0.15, 0.2) is 0 Å². The molecule has 0 heterocycles. The molecule has 3 nitrogen and oxygen atoms in total. The van der Waals surface area contributed by atoms with Crippen molar-refractivity contribution in [3.05, 3.63) is 0 Å². The molecule has 1 saturated carbocycles. The van der Waals surface area contributed by atoms with Crippen molar-refractivity contribution >= 4 is 5.91 Å². The lowest BCUT2D eigenvalue weighted by Crippen LogP contribution is -2.54. The van der Waals surface area contributed by atoms with Crippen LogP contribution in [0.2, 0.25) is 0 Å². The quantitative estimate of drug-likeness (QED) is 0.567. The molecule has 96 valence electrons. The zero-order chi connectivity index (χ0) is 12.9. The number of halogens is 3. The molecule has 1 rings (SSSR count). The minimum Gasteiger partial charge on any atom is -0.345 e. The maximum atomic E-state index is 11.9. The summed E-state index contributed by atoms with van der Waals surface area (Å²) in [5, 5.41) is 5.12. The summed E-state index contributed by atoms with van der Waals surface area (Å²) in [5.74, 6) is 0.654. The number of nitrogens with one attached hydrogen (secondary N) is 2. The summed E-state index contributed by atoms with van der Waals surface area (Å²) in [6.45, 7) is 0.759. The predicted molar refractivity (Wildman–Crippen MR) is 57.1 cm³/mol. The second kappa shape index (κ2) is 5.92. The van der Waals surface area contributed by atoms with Gasteiger partial charge in [0.1, 0.15) is 0 Å². The monoisotopic (exact) mass is 248 g/mol. The maximum Gasteiger partial charge on any atom is 0.471 e. The maximum absolute atomic E-state index is 11.9. The summed E-state index contributed by atoms with van der Waals surface area (Å²) in [4.78, 5) is 10.6. The Hall–Kier alpha value is -1.22. The fourth-order valence-electron chi connectivity index (χ4n) is 1.67. The molecule has 0 aromatic rings. The molecule has 0 radical (unpaired) electrons. The van der Waals surface area contributed by atoms with Crippen molar-refractivity contribution in [2.24, 2.45) is 0 Å². The summed E-state index contributed by atoms with van der Waals surface area (Å²) >= 11 is 0. The summed E-state index contributed by atoms with van der Waals surface area (Å²) in [6, 6.07) is -0.180. The topological polar surface area (TPSA) is 41.1 Å². The Morgan fingerprint density at radius 2 is 2.00 bits per heavy atom. The third kappa shape index (κ3) is 4.65. The molecule has 1 aliphatic rings. The summed E-state index contributed by atoms with van der Waals surface area (Å²) in [7, 11) is 0. The van der Waals surface area contributed by atoms with Gasteiger partial charge in [-0.3, -0.25) is 4.79 Å². The van der Waals surface area contributed by atoms with Crippen LogP contribution in [0.5, 0.6) is 0 Å².